The molecule has 0 spiro atoms. The molecule has 0 amide bonds. The van der Waals surface area contributed by atoms with Gasteiger partial charge in [-0.15, -0.1) is 0 Å². The van der Waals surface area contributed by atoms with E-state index in [9.17, 15) is 0 Å². The van der Waals surface area contributed by atoms with Crippen molar-refractivity contribution in [3.05, 3.63) is 180 Å². The Morgan fingerprint density at radius 1 is 0.491 bits per heavy atom. The van der Waals surface area contributed by atoms with E-state index in [1.54, 1.807) is 0 Å². The van der Waals surface area contributed by atoms with Gasteiger partial charge in [0.2, 0.25) is 0 Å². The second-order valence-corrected chi connectivity index (χ2v) is 15.3. The van der Waals surface area contributed by atoms with E-state index < -0.39 is 0 Å². The summed E-state index contributed by atoms with van der Waals surface area (Å²) < 4.78 is 0. The topological polar surface area (TPSA) is 25.8 Å². The minimum Gasteiger partial charge on any atom is -0.256 e. The van der Waals surface area contributed by atoms with Crippen LogP contribution in [-0.4, -0.2) is 9.97 Å². The lowest BCUT2D eigenvalue weighted by Gasteiger charge is -2.34. The van der Waals surface area contributed by atoms with Crippen LogP contribution in [0, 0.1) is 13.8 Å². The third kappa shape index (κ3) is 7.78. The molecule has 0 saturated heterocycles. The van der Waals surface area contributed by atoms with Gasteiger partial charge in [-0.05, 0) is 119 Å². The normalized spacial score (nSPS) is 13.9. The predicted molar refractivity (Wildman–Crippen MR) is 223 cm³/mol. The van der Waals surface area contributed by atoms with Gasteiger partial charge in [0.15, 0.2) is 0 Å². The van der Waals surface area contributed by atoms with Crippen LogP contribution in [0.5, 0.6) is 0 Å². The van der Waals surface area contributed by atoms with Crippen LogP contribution in [0.4, 0.5) is 0 Å². The molecule has 2 heteroatoms. The van der Waals surface area contributed by atoms with E-state index in [0.29, 0.717) is 5.41 Å². The van der Waals surface area contributed by atoms with Crippen LogP contribution in [0.15, 0.2) is 152 Å². The zero-order valence-electron chi connectivity index (χ0n) is 31.3. The van der Waals surface area contributed by atoms with Crippen molar-refractivity contribution in [2.75, 3.05) is 0 Å². The van der Waals surface area contributed by atoms with Gasteiger partial charge in [0.05, 0.1) is 11.4 Å². The van der Waals surface area contributed by atoms with E-state index in [2.05, 4.69) is 158 Å². The molecule has 262 valence electrons. The molecule has 2 heterocycles. The highest BCUT2D eigenvalue weighted by atomic mass is 14.7. The fourth-order valence-electron chi connectivity index (χ4n) is 8.26. The van der Waals surface area contributed by atoms with Crippen molar-refractivity contribution in [3.63, 3.8) is 0 Å². The van der Waals surface area contributed by atoms with Crippen molar-refractivity contribution in [2.24, 2.45) is 0 Å². The summed E-state index contributed by atoms with van der Waals surface area (Å²) in [6.07, 6.45) is 10.6. The molecular formula is C51H48N2. The highest BCUT2D eigenvalue weighted by Crippen LogP contribution is 2.40. The van der Waals surface area contributed by atoms with Crippen LogP contribution in [0.3, 0.4) is 0 Å². The Bertz CT molecular complexity index is 2330. The molecule has 0 aliphatic heterocycles. The molecule has 53 heavy (non-hydrogen) atoms. The van der Waals surface area contributed by atoms with Crippen molar-refractivity contribution in [3.8, 4) is 55.9 Å². The summed E-state index contributed by atoms with van der Waals surface area (Å²) in [7, 11) is 0. The fourth-order valence-corrected chi connectivity index (χ4v) is 8.26. The monoisotopic (exact) mass is 688 g/mol. The summed E-state index contributed by atoms with van der Waals surface area (Å²) in [6.45, 7) is 6.69. The summed E-state index contributed by atoms with van der Waals surface area (Å²) in [4.78, 5) is 9.47. The van der Waals surface area contributed by atoms with Crippen LogP contribution in [-0.2, 0) is 18.3 Å². The number of rotatable bonds is 9. The van der Waals surface area contributed by atoms with E-state index in [0.717, 1.165) is 41.1 Å². The molecular weight excluding hydrogens is 641 g/mol. The second-order valence-electron chi connectivity index (χ2n) is 15.3. The predicted octanol–water partition coefficient (Wildman–Crippen LogP) is 13.4. The Balaban J connectivity index is 0.987. The highest BCUT2D eigenvalue weighted by molar-refractivity contribution is 5.85. The van der Waals surface area contributed by atoms with Crippen LogP contribution in [0.25, 0.3) is 55.9 Å². The summed E-state index contributed by atoms with van der Waals surface area (Å²) in [5.74, 6) is 0. The average Bonchev–Trinajstić information content (AvgIpc) is 3.20. The van der Waals surface area contributed by atoms with Gasteiger partial charge in [-0.25, -0.2) is 0 Å². The number of aryl methyl sites for hydroxylation is 4. The SMILES string of the molecule is Cc1cc(CCc2ccc(-c3cccc(C)n3)cc2)cc(-c2ccccc2-c2ccc(-c3cc(-c4ccc(C5(C)CCCCC5)cc4)ccn3)cc2)c1. The van der Waals surface area contributed by atoms with Crippen LogP contribution >= 0.6 is 0 Å². The number of hydrogen-bond donors (Lipinski definition) is 0. The van der Waals surface area contributed by atoms with E-state index >= 15 is 0 Å². The lowest BCUT2D eigenvalue weighted by molar-refractivity contribution is 0.319. The molecule has 7 aromatic rings. The first kappa shape index (κ1) is 34.5. The molecule has 1 aliphatic rings. The van der Waals surface area contributed by atoms with Gasteiger partial charge in [-0.3, -0.25) is 9.97 Å². The molecule has 2 nitrogen and oxygen atoms in total. The Morgan fingerprint density at radius 2 is 1.13 bits per heavy atom. The van der Waals surface area contributed by atoms with Crippen LogP contribution in [0.2, 0.25) is 0 Å². The summed E-state index contributed by atoms with van der Waals surface area (Å²) in [5, 5.41) is 0. The molecule has 1 fully saturated rings. The molecule has 0 bridgehead atoms. The van der Waals surface area contributed by atoms with E-state index in [1.807, 2.05) is 19.2 Å². The number of benzene rings is 5. The van der Waals surface area contributed by atoms with Gasteiger partial charge in [0.25, 0.3) is 0 Å². The van der Waals surface area contributed by atoms with Crippen molar-refractivity contribution in [1.82, 2.24) is 9.97 Å². The largest absolute Gasteiger partial charge is 0.256 e. The highest BCUT2D eigenvalue weighted by Gasteiger charge is 2.28. The van der Waals surface area contributed by atoms with Crippen molar-refractivity contribution in [1.29, 1.82) is 0 Å². The summed E-state index contributed by atoms with van der Waals surface area (Å²) in [5.41, 5.74) is 18.5. The lowest BCUT2D eigenvalue weighted by Crippen LogP contribution is -2.24. The number of pyridine rings is 2. The van der Waals surface area contributed by atoms with Gasteiger partial charge < -0.3 is 0 Å². The average molecular weight is 689 g/mol. The zero-order chi connectivity index (χ0) is 36.2. The lowest BCUT2D eigenvalue weighted by atomic mass is 9.71. The molecule has 5 aromatic carbocycles. The molecule has 0 radical (unpaired) electrons. The Morgan fingerprint density at radius 3 is 1.87 bits per heavy atom. The van der Waals surface area contributed by atoms with Gasteiger partial charge in [-0.1, -0.05) is 153 Å². The molecule has 8 rings (SSSR count). The minimum atomic E-state index is 0.316. The summed E-state index contributed by atoms with van der Waals surface area (Å²) >= 11 is 0. The van der Waals surface area contributed by atoms with Gasteiger partial charge >= 0.3 is 0 Å². The maximum atomic E-state index is 4.78. The Kier molecular flexibility index (Phi) is 9.87. The molecule has 0 atom stereocenters. The number of hydrogen-bond acceptors (Lipinski definition) is 2. The fraction of sp³-hybridized carbons (Fsp3) is 0.216. The van der Waals surface area contributed by atoms with Crippen molar-refractivity contribution in [2.45, 2.75) is 71.1 Å². The van der Waals surface area contributed by atoms with E-state index in [1.165, 1.54) is 87.7 Å². The summed E-state index contributed by atoms with van der Waals surface area (Å²) in [6, 6.07) is 53.5. The van der Waals surface area contributed by atoms with E-state index in [-0.39, 0.29) is 0 Å². The molecule has 2 aromatic heterocycles. The van der Waals surface area contributed by atoms with Crippen LogP contribution < -0.4 is 0 Å². The minimum absolute atomic E-state index is 0.316. The van der Waals surface area contributed by atoms with Crippen LogP contribution in [0.1, 0.15) is 67.0 Å². The Hall–Kier alpha value is -5.60. The standard InChI is InChI=1S/C51H48N2/c1-36-32-39(15-14-38-16-18-42(19-17-38)49-13-9-10-37(2)53-49)34-45(33-36)48-12-6-5-11-47(48)41-20-22-43(23-21-41)50-35-44(28-31-52-50)40-24-26-46(27-25-40)51(3)29-7-4-8-30-51/h5-6,9-13,16-28,31-35H,4,7-8,14-15,29-30H2,1-3H3. The maximum absolute atomic E-state index is 4.78. The van der Waals surface area contributed by atoms with E-state index in [4.69, 9.17) is 4.98 Å². The number of aromatic nitrogens is 2. The Labute approximate surface area is 315 Å². The smallest absolute Gasteiger partial charge is 0.0708 e. The first-order valence-electron chi connectivity index (χ1n) is 19.3. The van der Waals surface area contributed by atoms with Gasteiger partial charge in [-0.2, -0.15) is 0 Å². The quantitative estimate of drug-likeness (QED) is 0.151. The molecule has 0 N–H and O–H groups in total. The first-order valence-corrected chi connectivity index (χ1v) is 19.3. The number of nitrogens with zero attached hydrogens (tertiary/aromatic N) is 2. The molecule has 1 aliphatic carbocycles. The maximum Gasteiger partial charge on any atom is 0.0708 e. The second kappa shape index (κ2) is 15.2. The van der Waals surface area contributed by atoms with Gasteiger partial charge in [0, 0.05) is 23.0 Å². The first-order chi connectivity index (χ1) is 25.9. The third-order valence-electron chi connectivity index (χ3n) is 11.3. The zero-order valence-corrected chi connectivity index (χ0v) is 31.3. The van der Waals surface area contributed by atoms with Crippen molar-refractivity contribution >= 4 is 0 Å². The third-order valence-corrected chi connectivity index (χ3v) is 11.3. The van der Waals surface area contributed by atoms with Gasteiger partial charge in [0.1, 0.15) is 0 Å². The van der Waals surface area contributed by atoms with Crippen molar-refractivity contribution < 1.29 is 0 Å². The molecule has 1 saturated carbocycles. The molecule has 0 unspecified atom stereocenters.